The van der Waals surface area contributed by atoms with Gasteiger partial charge in [0.1, 0.15) is 0 Å². The summed E-state index contributed by atoms with van der Waals surface area (Å²) >= 11 is 0. The summed E-state index contributed by atoms with van der Waals surface area (Å²) in [6.45, 7) is 4.44. The monoisotopic (exact) mass is 258 g/mol. The molecule has 0 aromatic carbocycles. The highest BCUT2D eigenvalue weighted by Gasteiger charge is 2.39. The van der Waals surface area contributed by atoms with Gasteiger partial charge in [-0.25, -0.2) is 4.79 Å². The summed E-state index contributed by atoms with van der Waals surface area (Å²) in [6.07, 6.45) is 2.20. The SMILES string of the molecule is CCC1(C(=O)NCC(C)(O)C(=O)O)CCNCC1. The molecule has 0 aromatic heterocycles. The molecule has 1 saturated heterocycles. The van der Waals surface area contributed by atoms with Crippen molar-refractivity contribution in [1.29, 1.82) is 0 Å². The average molecular weight is 258 g/mol. The Kier molecular flexibility index (Phi) is 4.70. The molecule has 4 N–H and O–H groups in total. The van der Waals surface area contributed by atoms with Crippen LogP contribution in [0.2, 0.25) is 0 Å². The summed E-state index contributed by atoms with van der Waals surface area (Å²) in [7, 11) is 0. The molecular weight excluding hydrogens is 236 g/mol. The molecule has 0 radical (unpaired) electrons. The first-order valence-electron chi connectivity index (χ1n) is 6.29. The smallest absolute Gasteiger partial charge is 0.337 e. The lowest BCUT2D eigenvalue weighted by Crippen LogP contribution is -2.52. The second-order valence-electron chi connectivity index (χ2n) is 5.15. The van der Waals surface area contributed by atoms with Gasteiger partial charge in [-0.15, -0.1) is 0 Å². The van der Waals surface area contributed by atoms with Crippen molar-refractivity contribution < 1.29 is 19.8 Å². The van der Waals surface area contributed by atoms with Crippen molar-refractivity contribution in [2.75, 3.05) is 19.6 Å². The molecule has 1 aliphatic rings. The number of aliphatic carboxylic acids is 1. The van der Waals surface area contributed by atoms with Crippen LogP contribution < -0.4 is 10.6 Å². The molecule has 1 amide bonds. The van der Waals surface area contributed by atoms with Crippen LogP contribution in [0.5, 0.6) is 0 Å². The maximum absolute atomic E-state index is 12.2. The summed E-state index contributed by atoms with van der Waals surface area (Å²) in [5, 5.41) is 24.1. The topological polar surface area (TPSA) is 98.7 Å². The fraction of sp³-hybridized carbons (Fsp3) is 0.833. The second-order valence-corrected chi connectivity index (χ2v) is 5.15. The Balaban J connectivity index is 2.61. The van der Waals surface area contributed by atoms with Crippen LogP contribution in [0.1, 0.15) is 33.1 Å². The van der Waals surface area contributed by atoms with Gasteiger partial charge in [-0.05, 0) is 39.3 Å². The van der Waals surface area contributed by atoms with Crippen molar-refractivity contribution in [3.05, 3.63) is 0 Å². The summed E-state index contributed by atoms with van der Waals surface area (Å²) in [6, 6.07) is 0. The molecule has 1 aliphatic heterocycles. The van der Waals surface area contributed by atoms with E-state index in [4.69, 9.17) is 5.11 Å². The lowest BCUT2D eigenvalue weighted by atomic mass is 9.76. The fourth-order valence-corrected chi connectivity index (χ4v) is 2.16. The zero-order valence-corrected chi connectivity index (χ0v) is 11.0. The van der Waals surface area contributed by atoms with E-state index in [-0.39, 0.29) is 12.5 Å². The number of carboxylic acid groups (broad SMARTS) is 1. The molecule has 1 rings (SSSR count). The van der Waals surface area contributed by atoms with Crippen molar-refractivity contribution in [3.8, 4) is 0 Å². The van der Waals surface area contributed by atoms with Crippen LogP contribution in [-0.4, -0.2) is 47.3 Å². The van der Waals surface area contributed by atoms with E-state index >= 15 is 0 Å². The first kappa shape index (κ1) is 14.9. The molecule has 6 heteroatoms. The Labute approximate surface area is 107 Å². The molecule has 0 aliphatic carbocycles. The van der Waals surface area contributed by atoms with Crippen molar-refractivity contribution in [2.24, 2.45) is 5.41 Å². The number of nitrogens with one attached hydrogen (secondary N) is 2. The van der Waals surface area contributed by atoms with Crippen molar-refractivity contribution in [1.82, 2.24) is 10.6 Å². The van der Waals surface area contributed by atoms with Gasteiger partial charge in [0.15, 0.2) is 5.60 Å². The van der Waals surface area contributed by atoms with E-state index in [0.717, 1.165) is 32.4 Å². The van der Waals surface area contributed by atoms with Crippen LogP contribution in [0.3, 0.4) is 0 Å². The standard InChI is InChI=1S/C12H22N2O4/c1-3-12(4-6-13-7-5-12)9(15)14-8-11(2,18)10(16)17/h13,18H,3-8H2,1-2H3,(H,14,15)(H,16,17). The number of hydrogen-bond donors (Lipinski definition) is 4. The van der Waals surface area contributed by atoms with Gasteiger partial charge < -0.3 is 20.8 Å². The number of rotatable bonds is 5. The zero-order chi connectivity index (χ0) is 13.8. The molecule has 0 spiro atoms. The van der Waals surface area contributed by atoms with Crippen LogP contribution >= 0.6 is 0 Å². The molecule has 104 valence electrons. The summed E-state index contributed by atoms with van der Waals surface area (Å²) < 4.78 is 0. The summed E-state index contributed by atoms with van der Waals surface area (Å²) in [5.41, 5.74) is -2.35. The van der Waals surface area contributed by atoms with Crippen molar-refractivity contribution in [2.45, 2.75) is 38.7 Å². The molecule has 6 nitrogen and oxygen atoms in total. The number of carboxylic acids is 1. The molecule has 1 atom stereocenters. The van der Waals surface area contributed by atoms with E-state index in [2.05, 4.69) is 10.6 Å². The van der Waals surface area contributed by atoms with E-state index in [0.29, 0.717) is 0 Å². The molecule has 0 bridgehead atoms. The summed E-state index contributed by atoms with van der Waals surface area (Å²) in [5.74, 6) is -1.49. The quantitative estimate of drug-likeness (QED) is 0.543. The molecule has 1 fully saturated rings. The second kappa shape index (κ2) is 5.67. The molecule has 18 heavy (non-hydrogen) atoms. The molecule has 0 saturated carbocycles. The average Bonchev–Trinajstić information content (AvgIpc) is 2.36. The lowest BCUT2D eigenvalue weighted by Gasteiger charge is -2.36. The number of hydrogen-bond acceptors (Lipinski definition) is 4. The highest BCUT2D eigenvalue weighted by Crippen LogP contribution is 2.32. The number of aliphatic hydroxyl groups is 1. The Bertz CT molecular complexity index is 322. The Hall–Kier alpha value is -1.14. The highest BCUT2D eigenvalue weighted by molar-refractivity contribution is 5.84. The van der Waals surface area contributed by atoms with E-state index in [9.17, 15) is 14.7 Å². The van der Waals surface area contributed by atoms with Crippen molar-refractivity contribution >= 4 is 11.9 Å². The molecular formula is C12H22N2O4. The molecule has 0 aromatic rings. The van der Waals surface area contributed by atoms with Gasteiger partial charge in [0, 0.05) is 0 Å². The van der Waals surface area contributed by atoms with E-state index < -0.39 is 17.0 Å². The van der Waals surface area contributed by atoms with Gasteiger partial charge >= 0.3 is 5.97 Å². The number of carbonyl (C=O) groups excluding carboxylic acids is 1. The van der Waals surface area contributed by atoms with Gasteiger partial charge in [0.05, 0.1) is 12.0 Å². The fourth-order valence-electron chi connectivity index (χ4n) is 2.16. The molecule has 1 heterocycles. The predicted molar refractivity (Wildman–Crippen MR) is 66.1 cm³/mol. The third kappa shape index (κ3) is 3.20. The maximum atomic E-state index is 12.2. The van der Waals surface area contributed by atoms with Gasteiger partial charge in [0.2, 0.25) is 5.91 Å². The Morgan fingerprint density at radius 2 is 1.94 bits per heavy atom. The highest BCUT2D eigenvalue weighted by atomic mass is 16.4. The van der Waals surface area contributed by atoms with Crippen LogP contribution in [0.15, 0.2) is 0 Å². The normalized spacial score (nSPS) is 21.9. The largest absolute Gasteiger partial charge is 0.479 e. The van der Waals surface area contributed by atoms with E-state index in [1.807, 2.05) is 6.92 Å². The zero-order valence-electron chi connectivity index (χ0n) is 11.0. The minimum atomic E-state index is -1.92. The minimum Gasteiger partial charge on any atom is -0.479 e. The van der Waals surface area contributed by atoms with Crippen molar-refractivity contribution in [3.63, 3.8) is 0 Å². The number of amides is 1. The minimum absolute atomic E-state index is 0.159. The first-order chi connectivity index (χ1) is 8.34. The number of carbonyl (C=O) groups is 2. The van der Waals surface area contributed by atoms with E-state index in [1.54, 1.807) is 0 Å². The summed E-state index contributed by atoms with van der Waals surface area (Å²) in [4.78, 5) is 22.9. The molecule has 1 unspecified atom stereocenters. The van der Waals surface area contributed by atoms with Gasteiger partial charge in [0.25, 0.3) is 0 Å². The van der Waals surface area contributed by atoms with Crippen LogP contribution in [0.4, 0.5) is 0 Å². The van der Waals surface area contributed by atoms with Crippen LogP contribution in [-0.2, 0) is 9.59 Å². The number of piperidine rings is 1. The lowest BCUT2D eigenvalue weighted by molar-refractivity contribution is -0.156. The van der Waals surface area contributed by atoms with Gasteiger partial charge in [-0.2, -0.15) is 0 Å². The Morgan fingerprint density at radius 3 is 2.39 bits per heavy atom. The van der Waals surface area contributed by atoms with Crippen LogP contribution in [0.25, 0.3) is 0 Å². The Morgan fingerprint density at radius 1 is 1.39 bits per heavy atom. The first-order valence-corrected chi connectivity index (χ1v) is 6.29. The van der Waals surface area contributed by atoms with E-state index in [1.165, 1.54) is 6.92 Å². The van der Waals surface area contributed by atoms with Gasteiger partial charge in [-0.1, -0.05) is 6.92 Å². The van der Waals surface area contributed by atoms with Gasteiger partial charge in [-0.3, -0.25) is 4.79 Å². The predicted octanol–water partition coefficient (Wildman–Crippen LogP) is -0.282. The third-order valence-electron chi connectivity index (χ3n) is 3.77. The third-order valence-corrected chi connectivity index (χ3v) is 3.77. The van der Waals surface area contributed by atoms with Crippen LogP contribution in [0, 0.1) is 5.41 Å². The maximum Gasteiger partial charge on any atom is 0.337 e.